The summed E-state index contributed by atoms with van der Waals surface area (Å²) >= 11 is 0. The number of halogens is 2. The lowest BCUT2D eigenvalue weighted by atomic mass is 9.92. The zero-order valence-electron chi connectivity index (χ0n) is 16.4. The van der Waals surface area contributed by atoms with E-state index in [1.807, 2.05) is 27.7 Å². The molecule has 0 aromatic heterocycles. The van der Waals surface area contributed by atoms with Crippen molar-refractivity contribution < 1.29 is 33.1 Å². The van der Waals surface area contributed by atoms with Gasteiger partial charge >= 0.3 is 5.97 Å². The molecule has 156 valence electrons. The van der Waals surface area contributed by atoms with Crippen molar-refractivity contribution in [1.82, 2.24) is 10.6 Å². The third kappa shape index (κ3) is 8.92. The maximum Gasteiger partial charge on any atom is 0.374 e. The summed E-state index contributed by atoms with van der Waals surface area (Å²) in [7, 11) is 0. The number of hydrogen-bond acceptors (Lipinski definition) is 4. The van der Waals surface area contributed by atoms with E-state index in [4.69, 9.17) is 5.11 Å². The van der Waals surface area contributed by atoms with Gasteiger partial charge in [0, 0.05) is 12.3 Å². The quantitative estimate of drug-likeness (QED) is 0.440. The van der Waals surface area contributed by atoms with Crippen LogP contribution in [-0.2, 0) is 19.2 Å². The number of carboxylic acid groups (broad SMARTS) is 1. The van der Waals surface area contributed by atoms with Crippen molar-refractivity contribution in [3.8, 4) is 0 Å². The van der Waals surface area contributed by atoms with Gasteiger partial charge in [0.15, 0.2) is 0 Å². The monoisotopic (exact) mass is 392 g/mol. The lowest BCUT2D eigenvalue weighted by Gasteiger charge is -2.25. The normalized spacial score (nSPS) is 15.7. The maximum atomic E-state index is 12.6. The zero-order valence-corrected chi connectivity index (χ0v) is 16.4. The molecule has 0 aromatic rings. The fraction of sp³-hybridized carbons (Fsp3) is 0.778. The van der Waals surface area contributed by atoms with E-state index in [2.05, 4.69) is 10.6 Å². The summed E-state index contributed by atoms with van der Waals surface area (Å²) < 4.78 is 25.3. The molecule has 0 heterocycles. The van der Waals surface area contributed by atoms with Gasteiger partial charge in [0.25, 0.3) is 5.78 Å². The Morgan fingerprint density at radius 1 is 0.889 bits per heavy atom. The van der Waals surface area contributed by atoms with Gasteiger partial charge < -0.3 is 15.7 Å². The molecule has 0 saturated heterocycles. The van der Waals surface area contributed by atoms with Crippen LogP contribution in [0.25, 0.3) is 0 Å². The zero-order chi connectivity index (χ0) is 21.3. The van der Waals surface area contributed by atoms with Crippen molar-refractivity contribution in [2.24, 2.45) is 17.8 Å². The van der Waals surface area contributed by atoms with E-state index in [0.717, 1.165) is 6.42 Å². The fourth-order valence-corrected chi connectivity index (χ4v) is 2.45. The summed E-state index contributed by atoms with van der Waals surface area (Å²) in [4.78, 5) is 47.2. The number of rotatable bonds is 12. The minimum Gasteiger partial charge on any atom is -0.475 e. The SMILES string of the molecule is CCC(C)[C@H](C)C(=O)N[C@@H](CC(C)C)C(=O)NC(CC(F)F)C(=O)C(=O)O. The molecular weight excluding hydrogens is 362 g/mol. The molecule has 0 bridgehead atoms. The van der Waals surface area contributed by atoms with Crippen LogP contribution in [0.5, 0.6) is 0 Å². The number of Topliss-reactive ketones (excluding diaryl/α,β-unsaturated/α-hetero) is 1. The first-order valence-corrected chi connectivity index (χ1v) is 9.06. The number of aliphatic carboxylic acids is 1. The van der Waals surface area contributed by atoms with Crippen molar-refractivity contribution in [2.45, 2.75) is 72.4 Å². The van der Waals surface area contributed by atoms with Gasteiger partial charge in [-0.15, -0.1) is 0 Å². The number of ketones is 1. The van der Waals surface area contributed by atoms with Crippen LogP contribution in [0.3, 0.4) is 0 Å². The Hall–Kier alpha value is -2.06. The summed E-state index contributed by atoms with van der Waals surface area (Å²) in [5.74, 6) is -4.94. The van der Waals surface area contributed by atoms with Crippen LogP contribution in [0.4, 0.5) is 8.78 Å². The highest BCUT2D eigenvalue weighted by Crippen LogP contribution is 2.16. The molecule has 0 aliphatic rings. The molecule has 9 heteroatoms. The molecular formula is C18H30F2N2O5. The third-order valence-corrected chi connectivity index (χ3v) is 4.51. The van der Waals surface area contributed by atoms with Crippen LogP contribution < -0.4 is 10.6 Å². The number of nitrogens with one attached hydrogen (secondary N) is 2. The second-order valence-corrected chi connectivity index (χ2v) is 7.22. The average Bonchev–Trinajstić information content (AvgIpc) is 2.57. The Kier molecular flexibility index (Phi) is 10.7. The smallest absolute Gasteiger partial charge is 0.374 e. The van der Waals surface area contributed by atoms with Crippen LogP contribution in [0.15, 0.2) is 0 Å². The van der Waals surface area contributed by atoms with Crippen LogP contribution in [0, 0.1) is 17.8 Å². The van der Waals surface area contributed by atoms with Crippen LogP contribution in [0.1, 0.15) is 53.9 Å². The molecule has 2 unspecified atom stereocenters. The van der Waals surface area contributed by atoms with Gasteiger partial charge in [0.2, 0.25) is 18.2 Å². The van der Waals surface area contributed by atoms with Gasteiger partial charge in [-0.05, 0) is 18.3 Å². The number of alkyl halides is 2. The van der Waals surface area contributed by atoms with Crippen molar-refractivity contribution in [2.75, 3.05) is 0 Å². The number of carbonyl (C=O) groups excluding carboxylic acids is 3. The highest BCUT2D eigenvalue weighted by Gasteiger charge is 2.33. The number of carbonyl (C=O) groups is 4. The molecule has 0 radical (unpaired) electrons. The second-order valence-electron chi connectivity index (χ2n) is 7.22. The molecule has 4 atom stereocenters. The van der Waals surface area contributed by atoms with Crippen molar-refractivity contribution in [3.63, 3.8) is 0 Å². The largest absolute Gasteiger partial charge is 0.475 e. The predicted molar refractivity (Wildman–Crippen MR) is 95.2 cm³/mol. The number of carboxylic acids is 1. The van der Waals surface area contributed by atoms with Gasteiger partial charge in [-0.25, -0.2) is 13.6 Å². The van der Waals surface area contributed by atoms with E-state index in [0.29, 0.717) is 0 Å². The first kappa shape index (κ1) is 24.9. The van der Waals surface area contributed by atoms with E-state index in [-0.39, 0.29) is 30.1 Å². The minimum atomic E-state index is -2.97. The predicted octanol–water partition coefficient (Wildman–Crippen LogP) is 1.99. The van der Waals surface area contributed by atoms with E-state index >= 15 is 0 Å². The summed E-state index contributed by atoms with van der Waals surface area (Å²) in [5, 5.41) is 13.4. The van der Waals surface area contributed by atoms with E-state index in [1.54, 1.807) is 6.92 Å². The highest BCUT2D eigenvalue weighted by atomic mass is 19.3. The van der Waals surface area contributed by atoms with Crippen molar-refractivity contribution in [1.29, 1.82) is 0 Å². The van der Waals surface area contributed by atoms with Gasteiger partial charge in [0.1, 0.15) is 12.1 Å². The topological polar surface area (TPSA) is 113 Å². The molecule has 0 fully saturated rings. The van der Waals surface area contributed by atoms with Crippen LogP contribution >= 0.6 is 0 Å². The Morgan fingerprint density at radius 2 is 1.41 bits per heavy atom. The van der Waals surface area contributed by atoms with E-state index < -0.39 is 42.6 Å². The van der Waals surface area contributed by atoms with Gasteiger partial charge in [0.05, 0.1) is 0 Å². The highest BCUT2D eigenvalue weighted by molar-refractivity contribution is 6.35. The Labute approximate surface area is 158 Å². The summed E-state index contributed by atoms with van der Waals surface area (Å²) in [5.41, 5.74) is 0. The van der Waals surface area contributed by atoms with Gasteiger partial charge in [-0.3, -0.25) is 14.4 Å². The molecule has 3 N–H and O–H groups in total. The lowest BCUT2D eigenvalue weighted by Crippen LogP contribution is -2.54. The van der Waals surface area contributed by atoms with Crippen LogP contribution in [0.2, 0.25) is 0 Å². The Morgan fingerprint density at radius 3 is 1.81 bits per heavy atom. The molecule has 0 rings (SSSR count). The fourth-order valence-electron chi connectivity index (χ4n) is 2.45. The minimum absolute atomic E-state index is 0.0105. The molecule has 0 aromatic carbocycles. The van der Waals surface area contributed by atoms with Gasteiger partial charge in [-0.2, -0.15) is 0 Å². The first-order chi connectivity index (χ1) is 12.4. The van der Waals surface area contributed by atoms with Crippen molar-refractivity contribution >= 4 is 23.6 Å². The Balaban J connectivity index is 5.30. The average molecular weight is 392 g/mol. The van der Waals surface area contributed by atoms with E-state index in [9.17, 15) is 28.0 Å². The lowest BCUT2D eigenvalue weighted by molar-refractivity contribution is -0.151. The second kappa shape index (κ2) is 11.6. The standard InChI is InChI=1S/C18H30F2N2O5/c1-6-10(4)11(5)16(24)22-13(7-9(2)3)17(25)21-12(8-14(19)20)15(23)18(26)27/h9-14H,6-8H2,1-5H3,(H,21,25)(H,22,24)(H,26,27)/t10?,11-,12?,13-/m0/s1. The molecule has 7 nitrogen and oxygen atoms in total. The summed E-state index contributed by atoms with van der Waals surface area (Å²) in [6.07, 6.45) is -3.10. The number of hydrogen-bond donors (Lipinski definition) is 3. The molecule has 0 saturated carbocycles. The molecule has 0 aliphatic carbocycles. The third-order valence-electron chi connectivity index (χ3n) is 4.51. The summed E-state index contributed by atoms with van der Waals surface area (Å²) in [6.45, 7) is 9.17. The van der Waals surface area contributed by atoms with Gasteiger partial charge in [-0.1, -0.05) is 41.0 Å². The molecule has 0 aliphatic heterocycles. The van der Waals surface area contributed by atoms with Crippen LogP contribution in [-0.4, -0.2) is 47.2 Å². The Bertz CT molecular complexity index is 540. The molecule has 27 heavy (non-hydrogen) atoms. The summed E-state index contributed by atoms with van der Waals surface area (Å²) in [6, 6.07) is -2.90. The van der Waals surface area contributed by atoms with Crippen molar-refractivity contribution in [3.05, 3.63) is 0 Å². The van der Waals surface area contributed by atoms with E-state index in [1.165, 1.54) is 0 Å². The first-order valence-electron chi connectivity index (χ1n) is 9.06. The maximum absolute atomic E-state index is 12.6. The number of amides is 2. The molecule has 2 amide bonds. The molecule has 0 spiro atoms.